The summed E-state index contributed by atoms with van der Waals surface area (Å²) in [6.07, 6.45) is 5.07. The summed E-state index contributed by atoms with van der Waals surface area (Å²) in [7, 11) is -3.85. The molecule has 0 bridgehead atoms. The highest BCUT2D eigenvalue weighted by molar-refractivity contribution is 7.92. The van der Waals surface area contributed by atoms with Crippen LogP contribution in [0.3, 0.4) is 0 Å². The maximum Gasteiger partial charge on any atom is 0.264 e. The highest BCUT2D eigenvalue weighted by Crippen LogP contribution is 2.18. The molecule has 0 spiro atoms. The molecule has 1 aromatic carbocycles. The van der Waals surface area contributed by atoms with E-state index in [1.165, 1.54) is 42.9 Å². The second kappa shape index (κ2) is 9.06. The van der Waals surface area contributed by atoms with Gasteiger partial charge in [-0.1, -0.05) is 0 Å². The van der Waals surface area contributed by atoms with Crippen LogP contribution in [0.25, 0.3) is 0 Å². The van der Waals surface area contributed by atoms with Crippen LogP contribution in [0.4, 0.5) is 11.6 Å². The molecule has 10 nitrogen and oxygen atoms in total. The number of anilines is 2. The Morgan fingerprint density at radius 1 is 1.06 bits per heavy atom. The number of nitrogens with zero attached hydrogens (tertiary/aromatic N) is 3. The summed E-state index contributed by atoms with van der Waals surface area (Å²) in [6.45, 7) is 1.20. The maximum atomic E-state index is 12.4. The minimum Gasteiger partial charge on any atom is -0.472 e. The van der Waals surface area contributed by atoms with E-state index in [1.54, 1.807) is 18.2 Å². The molecule has 1 atom stereocenters. The Balaban J connectivity index is 1.37. The number of hydrogen-bond acceptors (Lipinski definition) is 8. The molecule has 1 amide bonds. The van der Waals surface area contributed by atoms with Crippen LogP contribution in [0.15, 0.2) is 66.0 Å². The molecule has 0 aliphatic carbocycles. The van der Waals surface area contributed by atoms with Gasteiger partial charge in [-0.05, 0) is 36.4 Å². The highest BCUT2D eigenvalue weighted by Gasteiger charge is 2.18. The fourth-order valence-electron chi connectivity index (χ4n) is 2.81. The molecular formula is C20H19N5O5S. The minimum atomic E-state index is -3.85. The Kier molecular flexibility index (Phi) is 6.05. The monoisotopic (exact) mass is 441 g/mol. The standard InChI is InChI=1S/C20H19N5O5S/c26-19(14-2-7-18(23-12-14)30-16-8-11-29-13-16)24-15-3-5-17(6-4-15)31(27,28)25-20-21-9-1-10-22-20/h1-7,9-10,12,16H,8,11,13H2,(H,24,26)(H,21,22,25)/t16-/m1/s1. The lowest BCUT2D eigenvalue weighted by molar-refractivity contribution is 0.102. The van der Waals surface area contributed by atoms with Gasteiger partial charge in [0.25, 0.3) is 15.9 Å². The molecule has 3 heterocycles. The quantitative estimate of drug-likeness (QED) is 0.570. The van der Waals surface area contributed by atoms with Crippen LogP contribution in [0, 0.1) is 0 Å². The molecule has 31 heavy (non-hydrogen) atoms. The average Bonchev–Trinajstić information content (AvgIpc) is 3.28. The topological polar surface area (TPSA) is 132 Å². The number of hydrogen-bond donors (Lipinski definition) is 2. The summed E-state index contributed by atoms with van der Waals surface area (Å²) < 4.78 is 38.0. The number of ether oxygens (including phenoxy) is 2. The first-order valence-corrected chi connectivity index (χ1v) is 10.9. The smallest absolute Gasteiger partial charge is 0.264 e. The van der Waals surface area contributed by atoms with E-state index < -0.39 is 10.0 Å². The molecule has 1 saturated heterocycles. The van der Waals surface area contributed by atoms with Gasteiger partial charge in [0.1, 0.15) is 6.10 Å². The van der Waals surface area contributed by atoms with Crippen LogP contribution in [-0.4, -0.2) is 48.6 Å². The number of pyridine rings is 1. The van der Waals surface area contributed by atoms with Gasteiger partial charge >= 0.3 is 0 Å². The first-order chi connectivity index (χ1) is 15.0. The van der Waals surface area contributed by atoms with Gasteiger partial charge < -0.3 is 14.8 Å². The lowest BCUT2D eigenvalue weighted by Crippen LogP contribution is -2.17. The molecule has 2 N–H and O–H groups in total. The van der Waals surface area contributed by atoms with Gasteiger partial charge in [0, 0.05) is 36.8 Å². The number of rotatable bonds is 7. The third kappa shape index (κ3) is 5.32. The van der Waals surface area contributed by atoms with Crippen molar-refractivity contribution in [3.8, 4) is 5.88 Å². The minimum absolute atomic E-state index is 0.0111. The fraction of sp³-hybridized carbons (Fsp3) is 0.200. The molecule has 1 aliphatic heterocycles. The van der Waals surface area contributed by atoms with E-state index in [-0.39, 0.29) is 22.9 Å². The predicted molar refractivity (Wildman–Crippen MR) is 111 cm³/mol. The Morgan fingerprint density at radius 2 is 1.84 bits per heavy atom. The van der Waals surface area contributed by atoms with E-state index in [4.69, 9.17) is 9.47 Å². The second-order valence-electron chi connectivity index (χ2n) is 6.64. The van der Waals surface area contributed by atoms with Crippen LogP contribution in [0.1, 0.15) is 16.8 Å². The first kappa shape index (κ1) is 20.7. The Hall–Kier alpha value is -3.57. The van der Waals surface area contributed by atoms with Crippen molar-refractivity contribution in [3.63, 3.8) is 0 Å². The highest BCUT2D eigenvalue weighted by atomic mass is 32.2. The third-order valence-corrected chi connectivity index (χ3v) is 5.73. The summed E-state index contributed by atoms with van der Waals surface area (Å²) in [5.74, 6) is 0.0198. The van der Waals surface area contributed by atoms with Crippen molar-refractivity contribution >= 4 is 27.6 Å². The molecule has 2 aromatic heterocycles. The number of carbonyl (C=O) groups excluding carboxylic acids is 1. The number of nitrogens with one attached hydrogen (secondary N) is 2. The normalized spacial score (nSPS) is 15.9. The Bertz CT molecular complexity index is 1130. The van der Waals surface area contributed by atoms with E-state index in [9.17, 15) is 13.2 Å². The van der Waals surface area contributed by atoms with Gasteiger partial charge in [0.15, 0.2) is 0 Å². The van der Waals surface area contributed by atoms with E-state index in [0.29, 0.717) is 30.3 Å². The molecule has 0 saturated carbocycles. The third-order valence-electron chi connectivity index (χ3n) is 4.39. The molecular weight excluding hydrogens is 422 g/mol. The molecule has 3 aromatic rings. The van der Waals surface area contributed by atoms with Gasteiger partial charge in [-0.3, -0.25) is 4.79 Å². The van der Waals surface area contributed by atoms with E-state index >= 15 is 0 Å². The number of aromatic nitrogens is 3. The molecule has 0 radical (unpaired) electrons. The zero-order valence-electron chi connectivity index (χ0n) is 16.3. The second-order valence-corrected chi connectivity index (χ2v) is 8.33. The Labute approximate surface area is 178 Å². The summed E-state index contributed by atoms with van der Waals surface area (Å²) in [4.78, 5) is 24.3. The lowest BCUT2D eigenvalue weighted by Gasteiger charge is -2.11. The molecule has 1 aliphatic rings. The number of amides is 1. The van der Waals surface area contributed by atoms with Gasteiger partial charge in [-0.2, -0.15) is 0 Å². The molecule has 11 heteroatoms. The molecule has 1 fully saturated rings. The van der Waals surface area contributed by atoms with Gasteiger partial charge in [-0.15, -0.1) is 0 Å². The lowest BCUT2D eigenvalue weighted by atomic mass is 10.2. The van der Waals surface area contributed by atoms with Crippen molar-refractivity contribution in [2.45, 2.75) is 17.4 Å². The van der Waals surface area contributed by atoms with Gasteiger partial charge in [0.05, 0.1) is 23.7 Å². The summed E-state index contributed by atoms with van der Waals surface area (Å²) >= 11 is 0. The number of carbonyl (C=O) groups is 1. The molecule has 160 valence electrons. The zero-order chi connectivity index (χ0) is 21.7. The number of sulfonamides is 1. The summed E-state index contributed by atoms with van der Waals surface area (Å²) in [6, 6.07) is 10.5. The van der Waals surface area contributed by atoms with Crippen molar-refractivity contribution in [2.24, 2.45) is 0 Å². The van der Waals surface area contributed by atoms with Gasteiger partial charge in [-0.25, -0.2) is 28.1 Å². The molecule has 4 rings (SSSR count). The summed E-state index contributed by atoms with van der Waals surface area (Å²) in [5.41, 5.74) is 0.776. The van der Waals surface area contributed by atoms with Crippen LogP contribution >= 0.6 is 0 Å². The average molecular weight is 441 g/mol. The SMILES string of the molecule is O=C(Nc1ccc(S(=O)(=O)Nc2ncccn2)cc1)c1ccc(O[C@@H]2CCOC2)nc1. The molecule has 0 unspecified atom stereocenters. The van der Waals surface area contributed by atoms with Crippen molar-refractivity contribution < 1.29 is 22.7 Å². The summed E-state index contributed by atoms with van der Waals surface area (Å²) in [5, 5.41) is 2.70. The van der Waals surface area contributed by atoms with Crippen molar-refractivity contribution in [3.05, 3.63) is 66.6 Å². The Morgan fingerprint density at radius 3 is 2.48 bits per heavy atom. The zero-order valence-corrected chi connectivity index (χ0v) is 17.1. The van der Waals surface area contributed by atoms with Crippen LogP contribution in [-0.2, 0) is 14.8 Å². The van der Waals surface area contributed by atoms with Crippen molar-refractivity contribution in [2.75, 3.05) is 23.3 Å². The van der Waals surface area contributed by atoms with E-state index in [0.717, 1.165) is 6.42 Å². The number of benzene rings is 1. The van der Waals surface area contributed by atoms with E-state index in [1.807, 2.05) is 0 Å². The maximum absolute atomic E-state index is 12.4. The van der Waals surface area contributed by atoms with Gasteiger partial charge in [0.2, 0.25) is 11.8 Å². The van der Waals surface area contributed by atoms with Crippen molar-refractivity contribution in [1.82, 2.24) is 15.0 Å². The van der Waals surface area contributed by atoms with E-state index in [2.05, 4.69) is 25.0 Å². The first-order valence-electron chi connectivity index (χ1n) is 9.41. The predicted octanol–water partition coefficient (Wildman–Crippen LogP) is 2.09. The fourth-order valence-corrected chi connectivity index (χ4v) is 3.77. The van der Waals surface area contributed by atoms with Crippen LogP contribution in [0.5, 0.6) is 5.88 Å². The van der Waals surface area contributed by atoms with Crippen LogP contribution in [0.2, 0.25) is 0 Å². The van der Waals surface area contributed by atoms with Crippen molar-refractivity contribution in [1.29, 1.82) is 0 Å². The van der Waals surface area contributed by atoms with Crippen LogP contribution < -0.4 is 14.8 Å². The largest absolute Gasteiger partial charge is 0.472 e.